The Balaban J connectivity index is 1.71. The molecule has 5 nitrogen and oxygen atoms in total. The van der Waals surface area contributed by atoms with Crippen molar-refractivity contribution in [2.45, 2.75) is 33.2 Å². The predicted octanol–water partition coefficient (Wildman–Crippen LogP) is 4.36. The minimum absolute atomic E-state index is 0.0599. The van der Waals surface area contributed by atoms with Crippen molar-refractivity contribution >= 4 is 29.0 Å². The normalized spacial score (nSPS) is 16.8. The summed E-state index contributed by atoms with van der Waals surface area (Å²) in [5.41, 5.74) is 2.03. The van der Waals surface area contributed by atoms with E-state index in [4.69, 9.17) is 0 Å². The first-order valence-corrected chi connectivity index (χ1v) is 10.9. The smallest absolute Gasteiger partial charge is 0.317 e. The quantitative estimate of drug-likeness (QED) is 0.785. The van der Waals surface area contributed by atoms with Crippen LogP contribution in [0, 0.1) is 11.8 Å². The second-order valence-corrected chi connectivity index (χ2v) is 8.54. The highest BCUT2D eigenvalue weighted by Crippen LogP contribution is 2.25. The molecule has 1 atom stereocenters. The lowest BCUT2D eigenvalue weighted by Crippen LogP contribution is -2.50. The summed E-state index contributed by atoms with van der Waals surface area (Å²) in [4.78, 5) is 29.5. The SMILES string of the molecule is CC(C)CNC(=O)N1CCC[C@@H](C(=O)N(Cc2ccsc2)c2ccccc2)C1. The van der Waals surface area contributed by atoms with E-state index < -0.39 is 0 Å². The Morgan fingerprint density at radius 2 is 2.04 bits per heavy atom. The fraction of sp³-hybridized carbons (Fsp3) is 0.455. The van der Waals surface area contributed by atoms with Crippen molar-refractivity contribution in [2.75, 3.05) is 24.5 Å². The van der Waals surface area contributed by atoms with Crippen LogP contribution < -0.4 is 10.2 Å². The largest absolute Gasteiger partial charge is 0.338 e. The molecule has 3 rings (SSSR count). The molecule has 150 valence electrons. The maximum absolute atomic E-state index is 13.4. The summed E-state index contributed by atoms with van der Waals surface area (Å²) in [6, 6.07) is 11.8. The van der Waals surface area contributed by atoms with Crippen molar-refractivity contribution in [1.29, 1.82) is 0 Å². The summed E-state index contributed by atoms with van der Waals surface area (Å²) in [6.45, 7) is 6.56. The van der Waals surface area contributed by atoms with Gasteiger partial charge in [0.25, 0.3) is 0 Å². The summed E-state index contributed by atoms with van der Waals surface area (Å²) in [6.07, 6.45) is 1.67. The Hall–Kier alpha value is -2.34. The van der Waals surface area contributed by atoms with E-state index in [-0.39, 0.29) is 17.9 Å². The molecule has 0 unspecified atom stereocenters. The first-order valence-electron chi connectivity index (χ1n) is 9.95. The van der Waals surface area contributed by atoms with Gasteiger partial charge in [0.05, 0.1) is 12.5 Å². The standard InChI is InChI=1S/C22H29N3O2S/c1-17(2)13-23-22(27)24-11-6-7-19(15-24)21(26)25(14-18-10-12-28-16-18)20-8-4-3-5-9-20/h3-5,8-10,12,16-17,19H,6-7,11,13-15H2,1-2H3,(H,23,27)/t19-/m1/s1. The zero-order valence-corrected chi connectivity index (χ0v) is 17.5. The molecule has 1 aromatic heterocycles. The third-order valence-electron chi connectivity index (χ3n) is 4.97. The molecule has 0 spiro atoms. The van der Waals surface area contributed by atoms with Crippen LogP contribution in [0.1, 0.15) is 32.3 Å². The number of piperidine rings is 1. The van der Waals surface area contributed by atoms with Gasteiger partial charge in [-0.25, -0.2) is 4.79 Å². The topological polar surface area (TPSA) is 52.7 Å². The molecule has 2 aromatic rings. The van der Waals surface area contributed by atoms with E-state index in [1.165, 1.54) is 0 Å². The van der Waals surface area contributed by atoms with Gasteiger partial charge in [-0.15, -0.1) is 0 Å². The number of urea groups is 1. The molecule has 1 fully saturated rings. The zero-order chi connectivity index (χ0) is 19.9. The first-order chi connectivity index (χ1) is 13.5. The number of amides is 3. The number of hydrogen-bond donors (Lipinski definition) is 1. The van der Waals surface area contributed by atoms with E-state index in [0.29, 0.717) is 32.1 Å². The molecule has 0 aliphatic carbocycles. The van der Waals surface area contributed by atoms with Crippen molar-refractivity contribution < 1.29 is 9.59 Å². The Bertz CT molecular complexity index is 761. The summed E-state index contributed by atoms with van der Waals surface area (Å²) in [5.74, 6) is 0.335. The Labute approximate surface area is 171 Å². The lowest BCUT2D eigenvalue weighted by Gasteiger charge is -2.35. The van der Waals surface area contributed by atoms with E-state index in [9.17, 15) is 9.59 Å². The van der Waals surface area contributed by atoms with Gasteiger partial charge in [0.15, 0.2) is 0 Å². The van der Waals surface area contributed by atoms with Crippen molar-refractivity contribution in [1.82, 2.24) is 10.2 Å². The Morgan fingerprint density at radius 3 is 2.71 bits per heavy atom. The van der Waals surface area contributed by atoms with E-state index in [1.54, 1.807) is 16.2 Å². The number of likely N-dealkylation sites (tertiary alicyclic amines) is 1. The van der Waals surface area contributed by atoms with Crippen molar-refractivity contribution in [3.05, 3.63) is 52.7 Å². The third-order valence-corrected chi connectivity index (χ3v) is 5.71. The van der Waals surface area contributed by atoms with Crippen LogP contribution >= 0.6 is 11.3 Å². The average molecular weight is 400 g/mol. The van der Waals surface area contributed by atoms with Gasteiger partial charge in [0.1, 0.15) is 0 Å². The number of anilines is 1. The molecule has 6 heteroatoms. The van der Waals surface area contributed by atoms with Crippen molar-refractivity contribution in [3.63, 3.8) is 0 Å². The molecular weight excluding hydrogens is 370 g/mol. The first kappa shape index (κ1) is 20.4. The Kier molecular flexibility index (Phi) is 7.09. The summed E-state index contributed by atoms with van der Waals surface area (Å²) in [7, 11) is 0. The van der Waals surface area contributed by atoms with Gasteiger partial charge >= 0.3 is 6.03 Å². The monoisotopic (exact) mass is 399 g/mol. The number of hydrogen-bond acceptors (Lipinski definition) is 3. The number of nitrogens with one attached hydrogen (secondary N) is 1. The predicted molar refractivity (Wildman–Crippen MR) is 114 cm³/mol. The van der Waals surface area contributed by atoms with Crippen LogP contribution in [0.15, 0.2) is 47.2 Å². The maximum atomic E-state index is 13.4. The van der Waals surface area contributed by atoms with Crippen LogP contribution in [-0.2, 0) is 11.3 Å². The number of thiophene rings is 1. The van der Waals surface area contributed by atoms with Crippen molar-refractivity contribution in [2.24, 2.45) is 11.8 Å². The highest BCUT2D eigenvalue weighted by Gasteiger charge is 2.32. The molecule has 3 amide bonds. The van der Waals surface area contributed by atoms with Crippen LogP contribution in [-0.4, -0.2) is 36.5 Å². The van der Waals surface area contributed by atoms with Gasteiger partial charge < -0.3 is 15.1 Å². The molecule has 28 heavy (non-hydrogen) atoms. The summed E-state index contributed by atoms with van der Waals surface area (Å²) >= 11 is 1.64. The van der Waals surface area contributed by atoms with E-state index in [2.05, 4.69) is 30.6 Å². The zero-order valence-electron chi connectivity index (χ0n) is 16.6. The Morgan fingerprint density at radius 1 is 1.25 bits per heavy atom. The summed E-state index contributed by atoms with van der Waals surface area (Å²) < 4.78 is 0. The summed E-state index contributed by atoms with van der Waals surface area (Å²) in [5, 5.41) is 7.08. The second-order valence-electron chi connectivity index (χ2n) is 7.76. The molecule has 1 saturated heterocycles. The van der Waals surface area contributed by atoms with Gasteiger partial charge in [-0.2, -0.15) is 11.3 Å². The van der Waals surface area contributed by atoms with Crippen LogP contribution in [0.25, 0.3) is 0 Å². The fourth-order valence-corrected chi connectivity index (χ4v) is 4.12. The van der Waals surface area contributed by atoms with Crippen LogP contribution in [0.2, 0.25) is 0 Å². The second kappa shape index (κ2) is 9.73. The number of para-hydroxylation sites is 1. The van der Waals surface area contributed by atoms with Gasteiger partial charge in [-0.1, -0.05) is 32.0 Å². The van der Waals surface area contributed by atoms with Gasteiger partial charge in [-0.3, -0.25) is 4.79 Å². The van der Waals surface area contributed by atoms with E-state index in [0.717, 1.165) is 24.1 Å². The number of benzene rings is 1. The molecule has 1 aliphatic rings. The molecule has 2 heterocycles. The molecule has 1 N–H and O–H groups in total. The van der Waals surface area contributed by atoms with Gasteiger partial charge in [-0.05, 0) is 53.3 Å². The minimum atomic E-state index is -0.169. The third kappa shape index (κ3) is 5.35. The van der Waals surface area contributed by atoms with Crippen LogP contribution in [0.3, 0.4) is 0 Å². The molecule has 1 aliphatic heterocycles. The number of rotatable bonds is 6. The fourth-order valence-electron chi connectivity index (χ4n) is 3.46. The maximum Gasteiger partial charge on any atom is 0.317 e. The molecule has 0 radical (unpaired) electrons. The molecule has 1 aromatic carbocycles. The van der Waals surface area contributed by atoms with Crippen LogP contribution in [0.4, 0.5) is 10.5 Å². The highest BCUT2D eigenvalue weighted by molar-refractivity contribution is 7.07. The van der Waals surface area contributed by atoms with Crippen LogP contribution in [0.5, 0.6) is 0 Å². The molecule has 0 saturated carbocycles. The lowest BCUT2D eigenvalue weighted by molar-refractivity contribution is -0.123. The molecule has 0 bridgehead atoms. The van der Waals surface area contributed by atoms with Gasteiger partial charge in [0.2, 0.25) is 5.91 Å². The minimum Gasteiger partial charge on any atom is -0.338 e. The number of nitrogens with zero attached hydrogens (tertiary/aromatic N) is 2. The van der Waals surface area contributed by atoms with Gasteiger partial charge in [0, 0.05) is 25.3 Å². The molecular formula is C22H29N3O2S. The number of carbonyl (C=O) groups excluding carboxylic acids is 2. The van der Waals surface area contributed by atoms with E-state index >= 15 is 0 Å². The number of carbonyl (C=O) groups is 2. The highest BCUT2D eigenvalue weighted by atomic mass is 32.1. The van der Waals surface area contributed by atoms with Crippen molar-refractivity contribution in [3.8, 4) is 0 Å². The lowest BCUT2D eigenvalue weighted by atomic mass is 9.96. The average Bonchev–Trinajstić information content (AvgIpc) is 3.24. The van der Waals surface area contributed by atoms with E-state index in [1.807, 2.05) is 40.6 Å².